The molecule has 0 aromatic carbocycles. The van der Waals surface area contributed by atoms with Crippen molar-refractivity contribution in [2.45, 2.75) is 13.0 Å². The van der Waals surface area contributed by atoms with Crippen LogP contribution in [-0.2, 0) is 9.47 Å². The van der Waals surface area contributed by atoms with Crippen molar-refractivity contribution >= 4 is 28.6 Å². The zero-order chi connectivity index (χ0) is 20.5. The average molecular weight is 407 g/mol. The minimum Gasteiger partial charge on any atom is -0.384 e. The molecule has 0 radical (unpaired) electrons. The lowest BCUT2D eigenvalue weighted by molar-refractivity contribution is 0.0986. The lowest BCUT2D eigenvalue weighted by atomic mass is 10.1. The second kappa shape index (κ2) is 8.00. The zero-order valence-electron chi connectivity index (χ0n) is 17.0. The van der Waals surface area contributed by atoms with Gasteiger partial charge in [-0.25, -0.2) is 9.97 Å². The summed E-state index contributed by atoms with van der Waals surface area (Å²) in [6, 6.07) is 7.97. The fourth-order valence-corrected chi connectivity index (χ4v) is 3.87. The summed E-state index contributed by atoms with van der Waals surface area (Å²) < 4.78 is 11.1. The topological polar surface area (TPSA) is 103 Å². The largest absolute Gasteiger partial charge is 0.384 e. The highest BCUT2D eigenvalue weighted by molar-refractivity contribution is 5.90. The van der Waals surface area contributed by atoms with Gasteiger partial charge < -0.3 is 25.0 Å². The normalized spacial score (nSPS) is 20.0. The van der Waals surface area contributed by atoms with Crippen LogP contribution in [0, 0.1) is 0 Å². The van der Waals surface area contributed by atoms with Crippen LogP contribution in [-0.4, -0.2) is 72.0 Å². The van der Waals surface area contributed by atoms with Gasteiger partial charge in [0.2, 0.25) is 5.95 Å². The van der Waals surface area contributed by atoms with Gasteiger partial charge in [0.25, 0.3) is 0 Å². The number of ether oxygens (including phenoxy) is 2. The van der Waals surface area contributed by atoms with Crippen molar-refractivity contribution in [1.29, 1.82) is 0 Å². The highest BCUT2D eigenvalue weighted by atomic mass is 16.5. The summed E-state index contributed by atoms with van der Waals surface area (Å²) in [6.07, 6.45) is 1.73. The van der Waals surface area contributed by atoms with E-state index in [4.69, 9.17) is 30.2 Å². The fourth-order valence-electron chi connectivity index (χ4n) is 3.87. The van der Waals surface area contributed by atoms with Crippen molar-refractivity contribution in [3.8, 4) is 11.3 Å². The first-order valence-corrected chi connectivity index (χ1v) is 10.3. The van der Waals surface area contributed by atoms with Crippen molar-refractivity contribution < 1.29 is 9.47 Å². The number of nitrogens with zero attached hydrogens (tertiary/aromatic N) is 6. The number of aromatic nitrogens is 4. The first-order valence-electron chi connectivity index (χ1n) is 10.3. The molecule has 1 atom stereocenters. The maximum atomic E-state index is 5.73. The van der Waals surface area contributed by atoms with Crippen LogP contribution in [0.4, 0.5) is 17.6 Å². The Morgan fingerprint density at radius 3 is 2.57 bits per heavy atom. The van der Waals surface area contributed by atoms with Crippen LogP contribution in [0.1, 0.15) is 6.92 Å². The smallest absolute Gasteiger partial charge is 0.229 e. The minimum atomic E-state index is 0.232. The van der Waals surface area contributed by atoms with Gasteiger partial charge in [0.15, 0.2) is 5.65 Å². The molecular formula is C21H25N7O2. The number of fused-ring (bicyclic) bond motifs is 1. The number of pyridine rings is 2. The van der Waals surface area contributed by atoms with E-state index in [1.54, 1.807) is 12.3 Å². The Morgan fingerprint density at radius 1 is 0.967 bits per heavy atom. The van der Waals surface area contributed by atoms with E-state index in [0.717, 1.165) is 42.1 Å². The standard InChI is InChI=1S/C21H25N7O2/c1-14-13-30-11-8-28(14)20-16-3-4-17(15-2-5-18(22)23-12-15)24-19(16)25-21(26-20)27-6-9-29-10-7-27/h2-5,12,14H,6-11,13H2,1H3,(H2,22,23)/t14-/m0/s1. The van der Waals surface area contributed by atoms with Crippen LogP contribution >= 0.6 is 0 Å². The molecule has 0 bridgehead atoms. The molecule has 2 aliphatic rings. The van der Waals surface area contributed by atoms with Crippen molar-refractivity contribution in [3.05, 3.63) is 30.5 Å². The van der Waals surface area contributed by atoms with Crippen molar-refractivity contribution in [2.24, 2.45) is 0 Å². The van der Waals surface area contributed by atoms with Crippen molar-refractivity contribution in [3.63, 3.8) is 0 Å². The number of rotatable bonds is 3. The molecule has 156 valence electrons. The summed E-state index contributed by atoms with van der Waals surface area (Å²) in [5, 5.41) is 0.938. The molecule has 3 aromatic heterocycles. The molecule has 0 amide bonds. The maximum Gasteiger partial charge on any atom is 0.229 e. The number of nitrogens with two attached hydrogens (primary N) is 1. The number of anilines is 3. The molecule has 9 nitrogen and oxygen atoms in total. The molecule has 3 aromatic rings. The Balaban J connectivity index is 1.63. The van der Waals surface area contributed by atoms with Crippen LogP contribution in [0.3, 0.4) is 0 Å². The van der Waals surface area contributed by atoms with Gasteiger partial charge in [-0.3, -0.25) is 0 Å². The van der Waals surface area contributed by atoms with Gasteiger partial charge in [0.1, 0.15) is 11.6 Å². The molecule has 0 unspecified atom stereocenters. The summed E-state index contributed by atoms with van der Waals surface area (Å²) in [5.74, 6) is 2.09. The third kappa shape index (κ3) is 3.61. The molecule has 5 heterocycles. The van der Waals surface area contributed by atoms with Crippen LogP contribution < -0.4 is 15.5 Å². The molecule has 9 heteroatoms. The van der Waals surface area contributed by atoms with E-state index in [0.29, 0.717) is 43.8 Å². The van der Waals surface area contributed by atoms with Crippen LogP contribution in [0.2, 0.25) is 0 Å². The van der Waals surface area contributed by atoms with E-state index in [2.05, 4.69) is 27.8 Å². The van der Waals surface area contributed by atoms with Gasteiger partial charge in [-0.05, 0) is 31.2 Å². The van der Waals surface area contributed by atoms with E-state index in [-0.39, 0.29) is 6.04 Å². The van der Waals surface area contributed by atoms with E-state index < -0.39 is 0 Å². The highest BCUT2D eigenvalue weighted by Crippen LogP contribution is 2.30. The minimum absolute atomic E-state index is 0.232. The van der Waals surface area contributed by atoms with Gasteiger partial charge in [0, 0.05) is 31.4 Å². The van der Waals surface area contributed by atoms with Gasteiger partial charge in [-0.1, -0.05) is 0 Å². The monoisotopic (exact) mass is 407 g/mol. The molecule has 30 heavy (non-hydrogen) atoms. The van der Waals surface area contributed by atoms with Crippen LogP contribution in [0.25, 0.3) is 22.3 Å². The van der Waals surface area contributed by atoms with E-state index in [1.807, 2.05) is 12.1 Å². The lowest BCUT2D eigenvalue weighted by Crippen LogP contribution is -2.44. The van der Waals surface area contributed by atoms with E-state index >= 15 is 0 Å². The molecule has 0 spiro atoms. The van der Waals surface area contributed by atoms with Gasteiger partial charge >= 0.3 is 0 Å². The second-order valence-corrected chi connectivity index (χ2v) is 7.60. The Labute approximate surface area is 174 Å². The molecule has 5 rings (SSSR count). The first-order chi connectivity index (χ1) is 14.7. The molecule has 2 saturated heterocycles. The van der Waals surface area contributed by atoms with Gasteiger partial charge in [-0.15, -0.1) is 0 Å². The average Bonchev–Trinajstić information content (AvgIpc) is 2.79. The maximum absolute atomic E-state index is 5.73. The second-order valence-electron chi connectivity index (χ2n) is 7.60. The summed E-state index contributed by atoms with van der Waals surface area (Å²) >= 11 is 0. The van der Waals surface area contributed by atoms with Gasteiger partial charge in [0.05, 0.1) is 43.5 Å². The molecule has 0 aliphatic carbocycles. The van der Waals surface area contributed by atoms with Crippen molar-refractivity contribution in [2.75, 3.05) is 61.6 Å². The number of hydrogen-bond donors (Lipinski definition) is 1. The number of hydrogen-bond acceptors (Lipinski definition) is 9. The molecule has 2 fully saturated rings. The Kier molecular flexibility index (Phi) is 5.06. The van der Waals surface area contributed by atoms with E-state index in [9.17, 15) is 0 Å². The number of nitrogen functional groups attached to an aromatic ring is 1. The summed E-state index contributed by atoms with van der Waals surface area (Å²) in [6.45, 7) is 7.20. The molecular weight excluding hydrogens is 382 g/mol. The predicted molar refractivity (Wildman–Crippen MR) is 116 cm³/mol. The number of morpholine rings is 2. The third-order valence-electron chi connectivity index (χ3n) is 5.54. The summed E-state index contributed by atoms with van der Waals surface area (Å²) in [7, 11) is 0. The molecule has 2 aliphatic heterocycles. The fraction of sp³-hybridized carbons (Fsp3) is 0.429. The summed E-state index contributed by atoms with van der Waals surface area (Å²) in [4.78, 5) is 23.3. The van der Waals surface area contributed by atoms with Crippen LogP contribution in [0.15, 0.2) is 30.5 Å². The molecule has 0 saturated carbocycles. The Hall–Kier alpha value is -3.04. The van der Waals surface area contributed by atoms with E-state index in [1.165, 1.54) is 0 Å². The first kappa shape index (κ1) is 19.0. The third-order valence-corrected chi connectivity index (χ3v) is 5.54. The predicted octanol–water partition coefficient (Wildman–Crippen LogP) is 1.73. The Morgan fingerprint density at radius 2 is 1.80 bits per heavy atom. The van der Waals surface area contributed by atoms with Gasteiger partial charge in [-0.2, -0.15) is 9.97 Å². The SMILES string of the molecule is C[C@H]1COCCN1c1nc(N2CCOCC2)nc2nc(-c3ccc(N)nc3)ccc12. The van der Waals surface area contributed by atoms with Crippen LogP contribution in [0.5, 0.6) is 0 Å². The lowest BCUT2D eigenvalue weighted by Gasteiger charge is -2.35. The quantitative estimate of drug-likeness (QED) is 0.695. The Bertz CT molecular complexity index is 1040. The zero-order valence-corrected chi connectivity index (χ0v) is 17.0. The van der Waals surface area contributed by atoms with Crippen molar-refractivity contribution in [1.82, 2.24) is 19.9 Å². The summed E-state index contributed by atoms with van der Waals surface area (Å²) in [5.41, 5.74) is 8.11. The highest BCUT2D eigenvalue weighted by Gasteiger charge is 2.25. The molecule has 2 N–H and O–H groups in total.